The number of nitro groups is 1. The molecule has 0 unspecified atom stereocenters. The molecular weight excluding hydrogens is 300 g/mol. The Balaban J connectivity index is 2.41. The van der Waals surface area contributed by atoms with Crippen LogP contribution >= 0.6 is 11.6 Å². The lowest BCUT2D eigenvalue weighted by Gasteiger charge is -2.06. The SMILES string of the molecule is O=C(O)CCCCNC(=O)Cc1ccc([N+](=O)[O-])cc1Cl. The summed E-state index contributed by atoms with van der Waals surface area (Å²) >= 11 is 5.89. The second-order valence-corrected chi connectivity index (χ2v) is 4.82. The molecule has 2 N–H and O–H groups in total. The number of nitrogens with one attached hydrogen (secondary N) is 1. The lowest BCUT2D eigenvalue weighted by atomic mass is 10.1. The Morgan fingerprint density at radius 2 is 2.05 bits per heavy atom. The normalized spacial score (nSPS) is 10.1. The first kappa shape index (κ1) is 16.9. The summed E-state index contributed by atoms with van der Waals surface area (Å²) in [5, 5.41) is 21.8. The number of carbonyl (C=O) groups is 2. The maximum Gasteiger partial charge on any atom is 0.303 e. The molecule has 0 atom stereocenters. The van der Waals surface area contributed by atoms with E-state index in [0.717, 1.165) is 0 Å². The number of aliphatic carboxylic acids is 1. The monoisotopic (exact) mass is 314 g/mol. The van der Waals surface area contributed by atoms with E-state index in [9.17, 15) is 19.7 Å². The number of hydrogen-bond donors (Lipinski definition) is 2. The first-order valence-electron chi connectivity index (χ1n) is 6.31. The first-order valence-corrected chi connectivity index (χ1v) is 6.69. The van der Waals surface area contributed by atoms with E-state index in [-0.39, 0.29) is 29.5 Å². The Hall–Kier alpha value is -2.15. The van der Waals surface area contributed by atoms with Crippen LogP contribution in [0.5, 0.6) is 0 Å². The van der Waals surface area contributed by atoms with Crippen LogP contribution in [0.15, 0.2) is 18.2 Å². The van der Waals surface area contributed by atoms with Crippen LogP contribution in [0.4, 0.5) is 5.69 Å². The summed E-state index contributed by atoms with van der Waals surface area (Å²) in [4.78, 5) is 32.0. The minimum Gasteiger partial charge on any atom is -0.481 e. The van der Waals surface area contributed by atoms with Crippen molar-refractivity contribution in [3.8, 4) is 0 Å². The maximum absolute atomic E-state index is 11.7. The number of carboxylic acids is 1. The molecule has 0 heterocycles. The van der Waals surface area contributed by atoms with Crippen LogP contribution in [0.1, 0.15) is 24.8 Å². The molecule has 21 heavy (non-hydrogen) atoms. The molecule has 0 spiro atoms. The number of nitro benzene ring substituents is 1. The van der Waals surface area contributed by atoms with Gasteiger partial charge in [-0.1, -0.05) is 17.7 Å². The number of rotatable bonds is 8. The van der Waals surface area contributed by atoms with Gasteiger partial charge in [0.15, 0.2) is 0 Å². The number of nitrogens with zero attached hydrogens (tertiary/aromatic N) is 1. The largest absolute Gasteiger partial charge is 0.481 e. The Bertz CT molecular complexity index is 547. The van der Waals surface area contributed by atoms with E-state index in [0.29, 0.717) is 24.9 Å². The second kappa shape index (κ2) is 8.21. The molecule has 0 aromatic heterocycles. The van der Waals surface area contributed by atoms with E-state index in [1.165, 1.54) is 18.2 Å². The number of hydrogen-bond acceptors (Lipinski definition) is 4. The van der Waals surface area contributed by atoms with Gasteiger partial charge in [0.1, 0.15) is 0 Å². The molecule has 1 aromatic carbocycles. The molecule has 0 aliphatic rings. The van der Waals surface area contributed by atoms with Crippen LogP contribution in [0.25, 0.3) is 0 Å². The van der Waals surface area contributed by atoms with Crippen LogP contribution in [0.3, 0.4) is 0 Å². The Morgan fingerprint density at radius 3 is 2.62 bits per heavy atom. The van der Waals surface area contributed by atoms with Crippen LogP contribution < -0.4 is 5.32 Å². The van der Waals surface area contributed by atoms with E-state index in [1.54, 1.807) is 0 Å². The molecular formula is C13H15ClN2O5. The number of non-ortho nitro benzene ring substituents is 1. The quantitative estimate of drug-likeness (QED) is 0.434. The van der Waals surface area contributed by atoms with Crippen LogP contribution in [-0.2, 0) is 16.0 Å². The Labute approximate surface area is 126 Å². The summed E-state index contributed by atoms with van der Waals surface area (Å²) in [6, 6.07) is 3.95. The fourth-order valence-electron chi connectivity index (χ4n) is 1.66. The third kappa shape index (κ3) is 6.22. The van der Waals surface area contributed by atoms with Gasteiger partial charge in [0.05, 0.1) is 16.4 Å². The predicted octanol–water partition coefficient (Wildman–Crippen LogP) is 2.16. The topological polar surface area (TPSA) is 110 Å². The van der Waals surface area contributed by atoms with Crippen molar-refractivity contribution in [2.45, 2.75) is 25.7 Å². The molecule has 1 amide bonds. The smallest absolute Gasteiger partial charge is 0.303 e. The molecule has 0 saturated heterocycles. The average molecular weight is 315 g/mol. The molecule has 0 saturated carbocycles. The summed E-state index contributed by atoms with van der Waals surface area (Å²) in [5.74, 6) is -1.12. The zero-order chi connectivity index (χ0) is 15.8. The third-order valence-corrected chi connectivity index (χ3v) is 3.09. The van der Waals surface area contributed by atoms with Gasteiger partial charge in [-0.2, -0.15) is 0 Å². The minimum absolute atomic E-state index is 0.0236. The molecule has 114 valence electrons. The predicted molar refractivity (Wildman–Crippen MR) is 76.3 cm³/mol. The molecule has 0 radical (unpaired) electrons. The van der Waals surface area contributed by atoms with Gasteiger partial charge in [-0.25, -0.2) is 0 Å². The third-order valence-electron chi connectivity index (χ3n) is 2.74. The van der Waals surface area contributed by atoms with Gasteiger partial charge in [0.25, 0.3) is 5.69 Å². The Morgan fingerprint density at radius 1 is 1.33 bits per heavy atom. The molecule has 1 rings (SSSR count). The van der Waals surface area contributed by atoms with Crippen LogP contribution in [-0.4, -0.2) is 28.5 Å². The van der Waals surface area contributed by atoms with Crippen LogP contribution in [0.2, 0.25) is 5.02 Å². The number of benzene rings is 1. The van der Waals surface area contributed by atoms with Crippen LogP contribution in [0, 0.1) is 10.1 Å². The maximum atomic E-state index is 11.7. The molecule has 7 nitrogen and oxygen atoms in total. The summed E-state index contributed by atoms with van der Waals surface area (Å²) in [5.41, 5.74) is 0.378. The molecule has 0 fully saturated rings. The van der Waals surface area contributed by atoms with E-state index in [4.69, 9.17) is 16.7 Å². The van der Waals surface area contributed by atoms with Gasteiger partial charge in [-0.05, 0) is 18.4 Å². The van der Waals surface area contributed by atoms with Gasteiger partial charge in [0, 0.05) is 25.1 Å². The van der Waals surface area contributed by atoms with E-state index < -0.39 is 10.9 Å². The van der Waals surface area contributed by atoms with Crippen molar-refractivity contribution >= 4 is 29.2 Å². The highest BCUT2D eigenvalue weighted by Crippen LogP contribution is 2.22. The summed E-state index contributed by atoms with van der Waals surface area (Å²) < 4.78 is 0. The van der Waals surface area contributed by atoms with Crippen molar-refractivity contribution in [2.75, 3.05) is 6.54 Å². The van der Waals surface area contributed by atoms with Crippen molar-refractivity contribution < 1.29 is 19.6 Å². The standard InChI is InChI=1S/C13H15ClN2O5/c14-11-8-10(16(20)21)5-4-9(11)7-12(17)15-6-2-1-3-13(18)19/h4-5,8H,1-3,6-7H2,(H,15,17)(H,18,19). The van der Waals surface area contributed by atoms with Crippen molar-refractivity contribution in [1.82, 2.24) is 5.32 Å². The lowest BCUT2D eigenvalue weighted by Crippen LogP contribution is -2.26. The van der Waals surface area contributed by atoms with Gasteiger partial charge in [-0.3, -0.25) is 19.7 Å². The molecule has 0 aliphatic heterocycles. The van der Waals surface area contributed by atoms with Gasteiger partial charge < -0.3 is 10.4 Å². The summed E-state index contributed by atoms with van der Waals surface area (Å²) in [7, 11) is 0. The first-order chi connectivity index (χ1) is 9.90. The van der Waals surface area contributed by atoms with Gasteiger partial charge in [-0.15, -0.1) is 0 Å². The van der Waals surface area contributed by atoms with Crippen molar-refractivity contribution in [3.63, 3.8) is 0 Å². The van der Waals surface area contributed by atoms with E-state index >= 15 is 0 Å². The number of carbonyl (C=O) groups excluding carboxylic acids is 1. The second-order valence-electron chi connectivity index (χ2n) is 4.41. The molecule has 1 aromatic rings. The Kier molecular flexibility index (Phi) is 6.61. The molecule has 0 aliphatic carbocycles. The van der Waals surface area contributed by atoms with Crippen molar-refractivity contribution in [2.24, 2.45) is 0 Å². The number of unbranched alkanes of at least 4 members (excludes halogenated alkanes) is 1. The lowest BCUT2D eigenvalue weighted by molar-refractivity contribution is -0.384. The van der Waals surface area contributed by atoms with Crippen molar-refractivity contribution in [3.05, 3.63) is 38.9 Å². The minimum atomic E-state index is -0.862. The highest BCUT2D eigenvalue weighted by Gasteiger charge is 2.12. The highest BCUT2D eigenvalue weighted by molar-refractivity contribution is 6.31. The zero-order valence-electron chi connectivity index (χ0n) is 11.2. The fourth-order valence-corrected chi connectivity index (χ4v) is 1.90. The molecule has 0 bridgehead atoms. The molecule has 8 heteroatoms. The summed E-state index contributed by atoms with van der Waals surface area (Å²) in [6.45, 7) is 0.386. The fraction of sp³-hybridized carbons (Fsp3) is 0.385. The van der Waals surface area contributed by atoms with E-state index in [1.807, 2.05) is 0 Å². The van der Waals surface area contributed by atoms with Gasteiger partial charge in [0.2, 0.25) is 5.91 Å². The van der Waals surface area contributed by atoms with Crippen molar-refractivity contribution in [1.29, 1.82) is 0 Å². The number of halogens is 1. The van der Waals surface area contributed by atoms with Gasteiger partial charge >= 0.3 is 5.97 Å². The van der Waals surface area contributed by atoms with E-state index in [2.05, 4.69) is 5.32 Å². The summed E-state index contributed by atoms with van der Waals surface area (Å²) in [6.07, 6.45) is 1.17. The highest BCUT2D eigenvalue weighted by atomic mass is 35.5. The zero-order valence-corrected chi connectivity index (χ0v) is 11.9. The average Bonchev–Trinajstić information content (AvgIpc) is 2.40. The number of carboxylic acid groups (broad SMARTS) is 1. The number of amides is 1.